The summed E-state index contributed by atoms with van der Waals surface area (Å²) >= 11 is 0. The van der Waals surface area contributed by atoms with Crippen LogP contribution in [0.5, 0.6) is 0 Å². The van der Waals surface area contributed by atoms with Crippen LogP contribution >= 0.6 is 0 Å². The molecule has 22 N–H and O–H groups in total. The molecule has 3 aliphatic rings. The van der Waals surface area contributed by atoms with Gasteiger partial charge in [0.25, 0.3) is 0 Å². The van der Waals surface area contributed by atoms with Crippen molar-refractivity contribution in [3.05, 3.63) is 36.4 Å². The van der Waals surface area contributed by atoms with Gasteiger partial charge in [-0.15, -0.1) is 0 Å². The lowest BCUT2D eigenvalue weighted by atomic mass is 10.0. The first-order chi connectivity index (χ1) is 44.8. The Morgan fingerprint density at radius 3 is 1.72 bits per heavy atom. The van der Waals surface area contributed by atoms with Crippen molar-refractivity contribution in [2.45, 2.75) is 184 Å². The molecule has 95 heavy (non-hydrogen) atoms. The second-order valence-corrected chi connectivity index (χ2v) is 24.4. The van der Waals surface area contributed by atoms with Crippen LogP contribution in [-0.2, 0) is 75.2 Å². The van der Waals surface area contributed by atoms with Gasteiger partial charge in [-0.05, 0) is 50.9 Å². The van der Waals surface area contributed by atoms with Crippen LogP contribution in [0.15, 0.2) is 30.0 Å². The van der Waals surface area contributed by atoms with E-state index in [0.29, 0.717) is 17.8 Å². The number of carbonyl (C=O) groups is 13. The number of β-amino-alcohol motifs (C(OH)–C–C–N with tert-alkyl or cyclic N) is 2. The SMILES string of the molecule is CC(C)C[C@H](NC(=O)[C@@H]1CCCN1C(=O)[C@H](CC(=O)O)NC(=O)[C@@H]1C[C@@H](O)CN1C(=O)CNC(=O)[C@H](CO)NC(=O)[C@@H]1C[C@@H](O)CN1C(=O)[C@@H](NC(=O)[C@@H](NC(=O)[C@@H](N)CCCN=C(N)N)[C@@H](C)O)C(C)C)C(=O)N[C@@H](Cc1cnc[nH]1)C(=O)N[C@@H](Cc1cnc[nH]1)C(=O)O. The number of aliphatic imine (C=N–C) groups is 1. The lowest BCUT2D eigenvalue weighted by Crippen LogP contribution is -2.61. The molecule has 0 spiro atoms. The molecule has 3 saturated heterocycles. The Labute approximate surface area is 544 Å². The smallest absolute Gasteiger partial charge is 0.326 e. The molecular weight excluding hydrogens is 1250 g/mol. The molecule has 5 heterocycles. The van der Waals surface area contributed by atoms with Crippen molar-refractivity contribution in [2.75, 3.05) is 39.3 Å². The van der Waals surface area contributed by atoms with E-state index in [9.17, 15) is 93.0 Å². The number of aliphatic hydroxyl groups is 4. The molecule has 0 aromatic carbocycles. The standard InChI is InChI=1S/C57H89N19O19/c1-26(2)12-34(48(86)67-35(13-29-18-61-24-65-29)49(87)70-37(56(94)95)14-30-19-62-25-66-30)68-50(88)39-9-7-11-74(39)54(92)36(17-43(82)83)69-51(89)40-15-31(79)21-75(40)42(81)20-64-47(85)38(23-77)71-52(90)41-16-32(80)22-76(41)55(93)44(27(3)4)72-53(91)45(28(5)78)73-46(84)33(58)8-6-10-63-57(59)60/h18-19,24-28,31-41,44-45,77-80H,6-17,20-23,58H2,1-5H3,(H,61,65)(H,62,66)(H,64,85)(H,67,86)(H,68,88)(H,69,89)(H,70,87)(H,71,90)(H,72,91)(H,73,84)(H,82,83)(H,94,95)(H4,59,60,63)/t28-,31-,32-,33+,34+,35+,36+,37+,38+,39+,40+,41+,44+,45+/m1/s1. The van der Waals surface area contributed by atoms with Crippen molar-refractivity contribution in [3.63, 3.8) is 0 Å². The molecule has 526 valence electrons. The number of carbonyl (C=O) groups excluding carboxylic acids is 11. The Hall–Kier alpha value is -9.40. The zero-order valence-corrected chi connectivity index (χ0v) is 53.3. The zero-order valence-electron chi connectivity index (χ0n) is 53.3. The first kappa shape index (κ1) is 76.3. The molecule has 0 unspecified atom stereocenters. The van der Waals surface area contributed by atoms with Gasteiger partial charge in [0.15, 0.2) is 5.96 Å². The minimum absolute atomic E-state index is 0.000754. The molecule has 0 radical (unpaired) electrons. The van der Waals surface area contributed by atoms with E-state index in [-0.39, 0.29) is 69.9 Å². The average Bonchev–Trinajstić information content (AvgIpc) is 1.72. The van der Waals surface area contributed by atoms with E-state index in [2.05, 4.69) is 67.5 Å². The number of hydrogen-bond acceptors (Lipinski definition) is 21. The number of nitrogens with two attached hydrogens (primary N) is 3. The Morgan fingerprint density at radius 2 is 1.18 bits per heavy atom. The van der Waals surface area contributed by atoms with Crippen LogP contribution in [0.4, 0.5) is 0 Å². The first-order valence-electron chi connectivity index (χ1n) is 31.0. The van der Waals surface area contributed by atoms with Gasteiger partial charge < -0.3 is 115 Å². The number of H-pyrrole nitrogens is 2. The summed E-state index contributed by atoms with van der Waals surface area (Å²) in [6.45, 7) is 4.92. The zero-order chi connectivity index (χ0) is 70.5. The Balaban J connectivity index is 1.20. The van der Waals surface area contributed by atoms with Crippen LogP contribution in [-0.4, -0.2) is 272 Å². The van der Waals surface area contributed by atoms with E-state index >= 15 is 0 Å². The van der Waals surface area contributed by atoms with Gasteiger partial charge in [0, 0.05) is 75.6 Å². The third-order valence-corrected chi connectivity index (χ3v) is 16.0. The van der Waals surface area contributed by atoms with Crippen LogP contribution in [0.1, 0.15) is 97.4 Å². The molecule has 0 saturated carbocycles. The summed E-state index contributed by atoms with van der Waals surface area (Å²) in [6, 6.07) is -16.4. The molecular formula is C57H89N19O19. The van der Waals surface area contributed by atoms with Gasteiger partial charge in [-0.3, -0.25) is 62.5 Å². The maximum Gasteiger partial charge on any atom is 0.326 e. The predicted molar refractivity (Wildman–Crippen MR) is 329 cm³/mol. The van der Waals surface area contributed by atoms with Gasteiger partial charge in [-0.1, -0.05) is 27.7 Å². The normalized spacial score (nSPS) is 20.5. The second kappa shape index (κ2) is 35.8. The van der Waals surface area contributed by atoms with Crippen molar-refractivity contribution in [1.82, 2.24) is 77.2 Å². The summed E-state index contributed by atoms with van der Waals surface area (Å²) in [5.41, 5.74) is 17.4. The van der Waals surface area contributed by atoms with E-state index in [1.165, 1.54) is 32.0 Å². The number of aliphatic carboxylic acids is 2. The number of amides is 11. The fourth-order valence-electron chi connectivity index (χ4n) is 11.0. The molecule has 11 amide bonds. The van der Waals surface area contributed by atoms with Crippen molar-refractivity contribution in [2.24, 2.45) is 34.0 Å². The fraction of sp³-hybridized carbons (Fsp3) is 0.649. The van der Waals surface area contributed by atoms with Crippen LogP contribution in [0.3, 0.4) is 0 Å². The molecule has 0 bridgehead atoms. The fourth-order valence-corrected chi connectivity index (χ4v) is 11.0. The van der Waals surface area contributed by atoms with Gasteiger partial charge in [0.1, 0.15) is 60.4 Å². The van der Waals surface area contributed by atoms with Crippen molar-refractivity contribution in [3.8, 4) is 0 Å². The van der Waals surface area contributed by atoms with E-state index in [1.54, 1.807) is 27.7 Å². The number of hydrogen-bond donors (Lipinski definition) is 19. The molecule has 38 nitrogen and oxygen atoms in total. The van der Waals surface area contributed by atoms with Crippen molar-refractivity contribution >= 4 is 82.9 Å². The number of nitrogens with zero attached hydrogens (tertiary/aromatic N) is 6. The molecule has 38 heteroatoms. The van der Waals surface area contributed by atoms with Crippen LogP contribution in [0, 0.1) is 11.8 Å². The summed E-state index contributed by atoms with van der Waals surface area (Å²) in [4.78, 5) is 197. The summed E-state index contributed by atoms with van der Waals surface area (Å²) < 4.78 is 0. The van der Waals surface area contributed by atoms with Gasteiger partial charge in [-0.2, -0.15) is 0 Å². The number of carboxylic acids is 2. The number of imidazole rings is 2. The van der Waals surface area contributed by atoms with Crippen LogP contribution in [0.2, 0.25) is 0 Å². The van der Waals surface area contributed by atoms with Gasteiger partial charge >= 0.3 is 11.9 Å². The summed E-state index contributed by atoms with van der Waals surface area (Å²) in [6.07, 6.45) is -0.296. The lowest BCUT2D eigenvalue weighted by Gasteiger charge is -2.32. The highest BCUT2D eigenvalue weighted by atomic mass is 16.4. The minimum Gasteiger partial charge on any atom is -0.481 e. The van der Waals surface area contributed by atoms with Crippen molar-refractivity contribution < 1.29 is 93.0 Å². The minimum atomic E-state index is -1.87. The topological polar surface area (TPSA) is 597 Å². The second-order valence-electron chi connectivity index (χ2n) is 24.4. The quantitative estimate of drug-likeness (QED) is 0.0173. The molecule has 2 aromatic heterocycles. The molecule has 3 fully saturated rings. The number of nitrogens with one attached hydrogen (secondary N) is 10. The molecule has 5 rings (SSSR count). The molecule has 0 aliphatic carbocycles. The number of aromatic amines is 2. The maximum atomic E-state index is 14.3. The maximum absolute atomic E-state index is 14.3. The summed E-state index contributed by atoms with van der Waals surface area (Å²) in [5.74, 6) is -14.7. The van der Waals surface area contributed by atoms with Gasteiger partial charge in [-0.25, -0.2) is 14.8 Å². The monoisotopic (exact) mass is 1340 g/mol. The highest BCUT2D eigenvalue weighted by Crippen LogP contribution is 2.24. The number of guanidine groups is 1. The van der Waals surface area contributed by atoms with Gasteiger partial charge in [0.05, 0.1) is 56.6 Å². The molecule has 14 atom stereocenters. The number of aromatic nitrogens is 4. The van der Waals surface area contributed by atoms with E-state index in [0.717, 1.165) is 14.7 Å². The number of likely N-dealkylation sites (tertiary alicyclic amines) is 3. The Morgan fingerprint density at radius 1 is 0.642 bits per heavy atom. The number of carboxylic acid groups (broad SMARTS) is 2. The van der Waals surface area contributed by atoms with Crippen molar-refractivity contribution in [1.29, 1.82) is 0 Å². The largest absolute Gasteiger partial charge is 0.481 e. The number of rotatable bonds is 35. The number of aliphatic hydroxyl groups excluding tert-OH is 4. The Kier molecular flexibility index (Phi) is 28.7. The molecule has 3 aliphatic heterocycles. The van der Waals surface area contributed by atoms with Crippen LogP contribution in [0.25, 0.3) is 0 Å². The van der Waals surface area contributed by atoms with E-state index < -0.39 is 207 Å². The summed E-state index contributed by atoms with van der Waals surface area (Å²) in [7, 11) is 0. The van der Waals surface area contributed by atoms with Crippen LogP contribution < -0.4 is 59.7 Å². The first-order valence-corrected chi connectivity index (χ1v) is 31.0. The average molecular weight is 1340 g/mol. The highest BCUT2D eigenvalue weighted by Gasteiger charge is 2.46. The summed E-state index contributed by atoms with van der Waals surface area (Å²) in [5, 5.41) is 81.4. The van der Waals surface area contributed by atoms with Gasteiger partial charge in [0.2, 0.25) is 65.0 Å². The van der Waals surface area contributed by atoms with E-state index in [1.807, 2.05) is 0 Å². The Bertz CT molecular complexity index is 3050. The lowest BCUT2D eigenvalue weighted by molar-refractivity contribution is -0.147. The third-order valence-electron chi connectivity index (χ3n) is 16.0. The predicted octanol–water partition coefficient (Wildman–Crippen LogP) is -8.64. The third kappa shape index (κ3) is 22.4. The van der Waals surface area contributed by atoms with E-state index in [4.69, 9.17) is 17.2 Å². The highest BCUT2D eigenvalue weighted by molar-refractivity contribution is 6.00. The molecule has 2 aromatic rings.